The fourth-order valence-corrected chi connectivity index (χ4v) is 7.52. The number of hydrogen-bond acceptors (Lipinski definition) is 8. The molecule has 2 aliphatic rings. The molecule has 5 aromatic rings. The van der Waals surface area contributed by atoms with Gasteiger partial charge in [0.25, 0.3) is 0 Å². The number of halogens is 2. The molecule has 13 heteroatoms. The highest BCUT2D eigenvalue weighted by Crippen LogP contribution is 2.48. The Balaban J connectivity index is 1.46. The molecule has 0 amide bonds. The summed E-state index contributed by atoms with van der Waals surface area (Å²) in [4.78, 5) is 42.2. The Morgan fingerprint density at radius 1 is 1.15 bits per heavy atom. The highest BCUT2D eigenvalue weighted by atomic mass is 19.2. The predicted octanol–water partition coefficient (Wildman–Crippen LogP) is 4.59. The number of piperidine rings is 1. The lowest BCUT2D eigenvalue weighted by atomic mass is 9.79. The number of methoxy groups -OCH3 is 1. The highest BCUT2D eigenvalue weighted by Gasteiger charge is 2.42. The maximum atomic E-state index is 15.8. The van der Waals surface area contributed by atoms with E-state index in [1.54, 1.807) is 39.7 Å². The largest absolute Gasteiger partial charge is 0.477 e. The number of rotatable bonds is 7. The lowest BCUT2D eigenvalue weighted by Crippen LogP contribution is -2.45. The lowest BCUT2D eigenvalue weighted by molar-refractivity contribution is 0.0694. The maximum absolute atomic E-state index is 15.8. The number of benzene rings is 1. The molecule has 1 atom stereocenters. The number of aromatic carboxylic acids is 1. The summed E-state index contributed by atoms with van der Waals surface area (Å²) in [7, 11) is 4.98. The van der Waals surface area contributed by atoms with E-state index in [0.717, 1.165) is 45.0 Å². The van der Waals surface area contributed by atoms with Crippen LogP contribution in [0.1, 0.15) is 29.6 Å². The predicted molar refractivity (Wildman–Crippen MR) is 173 cm³/mol. The van der Waals surface area contributed by atoms with Crippen LogP contribution in [0.3, 0.4) is 0 Å². The van der Waals surface area contributed by atoms with Crippen molar-refractivity contribution in [3.05, 3.63) is 58.1 Å². The molecule has 6 heterocycles. The van der Waals surface area contributed by atoms with Crippen molar-refractivity contribution in [2.75, 3.05) is 63.7 Å². The van der Waals surface area contributed by atoms with E-state index in [2.05, 4.69) is 30.1 Å². The normalized spacial score (nSPS) is 18.8. The number of nitrogens with one attached hydrogen (secondary N) is 2. The monoisotopic (exact) mass is 631 g/mol. The quantitative estimate of drug-likeness (QED) is 0.236. The molecule has 1 unspecified atom stereocenters. The number of carboxylic acids is 1. The first kappa shape index (κ1) is 30.1. The topological polar surface area (TPSA) is 129 Å². The molecule has 11 nitrogen and oxygen atoms in total. The zero-order chi connectivity index (χ0) is 32.3. The lowest BCUT2D eigenvalue weighted by Gasteiger charge is -2.40. The number of ether oxygens (including phenoxy) is 1. The van der Waals surface area contributed by atoms with E-state index in [9.17, 15) is 14.7 Å². The zero-order valence-electron chi connectivity index (χ0n) is 25.9. The number of hydrogen-bond donors (Lipinski definition) is 3. The molecule has 4 aromatic heterocycles. The standard InChI is InChI=1S/C33H35F2N7O4/c1-36-23-12-22(34)26(35)24-25-28(42-8-6-33(17-42)5-4-7-41(16-33)9-10-46-3)20(14-37-30(25)39-27(23)24)18-11-19-29(43)21(32(44)45)15-40(2)31(19)38-13-18/h11-15,36H,4-10,16-17H2,1-3H3,(H,37,39)(H,44,45). The fourth-order valence-electron chi connectivity index (χ4n) is 7.52. The molecule has 2 fully saturated rings. The molecular weight excluding hydrogens is 596 g/mol. The number of likely N-dealkylation sites (tertiary alicyclic amines) is 1. The summed E-state index contributed by atoms with van der Waals surface area (Å²) in [6.07, 6.45) is 7.54. The van der Waals surface area contributed by atoms with Crippen molar-refractivity contribution >= 4 is 50.3 Å². The number of nitrogens with zero attached hydrogens (tertiary/aromatic N) is 5. The Bertz CT molecular complexity index is 2090. The molecule has 7 rings (SSSR count). The van der Waals surface area contributed by atoms with E-state index in [0.29, 0.717) is 64.4 Å². The molecule has 0 saturated carbocycles. The summed E-state index contributed by atoms with van der Waals surface area (Å²) in [6, 6.07) is 2.74. The molecule has 2 aliphatic heterocycles. The van der Waals surface area contributed by atoms with Gasteiger partial charge in [-0.2, -0.15) is 0 Å². The van der Waals surface area contributed by atoms with Crippen molar-refractivity contribution in [2.45, 2.75) is 19.3 Å². The second-order valence-electron chi connectivity index (χ2n) is 12.5. The minimum Gasteiger partial charge on any atom is -0.477 e. The van der Waals surface area contributed by atoms with Gasteiger partial charge in [0.1, 0.15) is 16.9 Å². The minimum atomic E-state index is -1.33. The second-order valence-corrected chi connectivity index (χ2v) is 12.5. The number of pyridine rings is 3. The van der Waals surface area contributed by atoms with Gasteiger partial charge in [-0.1, -0.05) is 0 Å². The third kappa shape index (κ3) is 4.76. The molecule has 0 bridgehead atoms. The summed E-state index contributed by atoms with van der Waals surface area (Å²) in [6.45, 7) is 4.78. The van der Waals surface area contributed by atoms with Crippen LogP contribution in [0.25, 0.3) is 44.1 Å². The average molecular weight is 632 g/mol. The smallest absolute Gasteiger partial charge is 0.341 e. The van der Waals surface area contributed by atoms with Gasteiger partial charge in [0.05, 0.1) is 39.7 Å². The third-order valence-corrected chi connectivity index (χ3v) is 9.69. The summed E-state index contributed by atoms with van der Waals surface area (Å²) in [5, 5.41) is 13.3. The van der Waals surface area contributed by atoms with Gasteiger partial charge in [-0.3, -0.25) is 4.79 Å². The number of carboxylic acid groups (broad SMARTS) is 1. The second kappa shape index (κ2) is 11.3. The fraction of sp³-hybridized carbons (Fsp3) is 0.394. The number of aromatic nitrogens is 4. The number of aromatic amines is 1. The van der Waals surface area contributed by atoms with Gasteiger partial charge in [-0.15, -0.1) is 0 Å². The van der Waals surface area contributed by atoms with Crippen molar-refractivity contribution in [2.24, 2.45) is 12.5 Å². The summed E-state index contributed by atoms with van der Waals surface area (Å²) in [5.74, 6) is -3.29. The van der Waals surface area contributed by atoms with E-state index >= 15 is 8.78 Å². The Morgan fingerprint density at radius 3 is 2.74 bits per heavy atom. The van der Waals surface area contributed by atoms with Crippen LogP contribution in [0.2, 0.25) is 0 Å². The Hall–Kier alpha value is -4.62. The molecule has 3 N–H and O–H groups in total. The van der Waals surface area contributed by atoms with Gasteiger partial charge in [0, 0.05) is 88.6 Å². The minimum absolute atomic E-state index is 0.00113. The van der Waals surface area contributed by atoms with E-state index in [1.165, 1.54) is 10.8 Å². The van der Waals surface area contributed by atoms with Gasteiger partial charge in [0.15, 0.2) is 11.6 Å². The van der Waals surface area contributed by atoms with Gasteiger partial charge in [-0.05, 0) is 31.9 Å². The van der Waals surface area contributed by atoms with Gasteiger partial charge in [-0.25, -0.2) is 23.5 Å². The van der Waals surface area contributed by atoms with E-state index in [4.69, 9.17) is 4.74 Å². The van der Waals surface area contributed by atoms with E-state index in [-0.39, 0.29) is 21.8 Å². The van der Waals surface area contributed by atoms with E-state index < -0.39 is 23.0 Å². The molecular formula is C33H35F2N7O4. The van der Waals surface area contributed by atoms with Crippen LogP contribution in [0.5, 0.6) is 0 Å². The first-order chi connectivity index (χ1) is 22.1. The van der Waals surface area contributed by atoms with Crippen molar-refractivity contribution < 1.29 is 23.4 Å². The van der Waals surface area contributed by atoms with E-state index in [1.807, 2.05) is 0 Å². The first-order valence-corrected chi connectivity index (χ1v) is 15.3. The van der Waals surface area contributed by atoms with Crippen LogP contribution in [-0.2, 0) is 11.8 Å². The van der Waals surface area contributed by atoms with Crippen LogP contribution < -0.4 is 15.6 Å². The molecule has 46 heavy (non-hydrogen) atoms. The Labute approximate surface area is 262 Å². The summed E-state index contributed by atoms with van der Waals surface area (Å²) >= 11 is 0. The van der Waals surface area contributed by atoms with Crippen LogP contribution in [-0.4, -0.2) is 89.0 Å². The number of anilines is 2. The molecule has 240 valence electrons. The number of carbonyl (C=O) groups is 1. The average Bonchev–Trinajstić information content (AvgIpc) is 3.64. The molecule has 0 radical (unpaired) electrons. The maximum Gasteiger partial charge on any atom is 0.341 e. The van der Waals surface area contributed by atoms with Gasteiger partial charge >= 0.3 is 5.97 Å². The number of H-pyrrole nitrogens is 1. The van der Waals surface area contributed by atoms with Crippen molar-refractivity contribution in [3.63, 3.8) is 0 Å². The van der Waals surface area contributed by atoms with Crippen molar-refractivity contribution in [1.29, 1.82) is 0 Å². The summed E-state index contributed by atoms with van der Waals surface area (Å²) < 4.78 is 37.7. The number of aryl methyl sites for hydroxylation is 1. The molecule has 2 saturated heterocycles. The Morgan fingerprint density at radius 2 is 1.98 bits per heavy atom. The Kier molecular flexibility index (Phi) is 7.40. The van der Waals surface area contributed by atoms with Crippen LogP contribution in [0.15, 0.2) is 35.5 Å². The highest BCUT2D eigenvalue weighted by molar-refractivity contribution is 6.18. The van der Waals surface area contributed by atoms with Crippen molar-refractivity contribution in [1.82, 2.24) is 24.4 Å². The van der Waals surface area contributed by atoms with Gasteiger partial charge < -0.3 is 34.5 Å². The SMILES string of the molecule is CNc1cc(F)c(F)c2c1[nH]c1ncc(-c3cnc4c(c3)c(=O)c(C(=O)O)cn4C)c(N3CCC4(CCCN(CCOC)C4)C3)c12. The van der Waals surface area contributed by atoms with Crippen LogP contribution >= 0.6 is 0 Å². The molecule has 1 spiro atoms. The molecule has 0 aliphatic carbocycles. The van der Waals surface area contributed by atoms with Gasteiger partial charge in [0.2, 0.25) is 5.43 Å². The van der Waals surface area contributed by atoms with Crippen molar-refractivity contribution in [3.8, 4) is 11.1 Å². The van der Waals surface area contributed by atoms with Crippen LogP contribution in [0, 0.1) is 17.0 Å². The molecule has 1 aromatic carbocycles. The zero-order valence-corrected chi connectivity index (χ0v) is 25.9. The first-order valence-electron chi connectivity index (χ1n) is 15.3. The van der Waals surface area contributed by atoms with Crippen LogP contribution in [0.4, 0.5) is 20.2 Å². The number of fused-ring (bicyclic) bond motifs is 4. The summed E-state index contributed by atoms with van der Waals surface area (Å²) in [5.41, 5.74) is 2.28. The third-order valence-electron chi connectivity index (χ3n) is 9.69.